The molecule has 2 nitrogen and oxygen atoms in total. The molecule has 0 amide bonds. The van der Waals surface area contributed by atoms with Crippen molar-refractivity contribution in [3.63, 3.8) is 0 Å². The van der Waals surface area contributed by atoms with Gasteiger partial charge in [0.2, 0.25) is 0 Å². The molecule has 80 valence electrons. The molecule has 2 atom stereocenters. The number of ether oxygens (including phenoxy) is 2. The summed E-state index contributed by atoms with van der Waals surface area (Å²) in [5.41, 5.74) is 0.338. The second kappa shape index (κ2) is 6.15. The van der Waals surface area contributed by atoms with Crippen molar-refractivity contribution in [1.82, 2.24) is 0 Å². The minimum Gasteiger partial charge on any atom is -0.473 e. The molecule has 0 N–H and O–H groups in total. The molecule has 1 fully saturated rings. The van der Waals surface area contributed by atoms with E-state index in [1.54, 1.807) is 37.4 Å². The molecule has 0 spiro atoms. The monoisotopic (exact) mass is 268 g/mol. The summed E-state index contributed by atoms with van der Waals surface area (Å²) < 4.78 is 10.9. The fourth-order valence-electron chi connectivity index (χ4n) is 0.974. The van der Waals surface area contributed by atoms with E-state index in [1.165, 1.54) is 0 Å². The Morgan fingerprint density at radius 2 is 1.36 bits per heavy atom. The van der Waals surface area contributed by atoms with Crippen molar-refractivity contribution >= 4 is 58.1 Å². The zero-order valence-electron chi connectivity index (χ0n) is 8.02. The highest BCUT2D eigenvalue weighted by Crippen LogP contribution is 2.31. The Labute approximate surface area is 103 Å². The first-order valence-electron chi connectivity index (χ1n) is 4.15. The van der Waals surface area contributed by atoms with Gasteiger partial charge in [-0.15, -0.1) is 23.5 Å². The summed E-state index contributed by atoms with van der Waals surface area (Å²) in [6.07, 6.45) is 0. The van der Waals surface area contributed by atoms with Crippen LogP contribution < -0.4 is 0 Å². The third-order valence-corrected chi connectivity index (χ3v) is 4.31. The van der Waals surface area contributed by atoms with E-state index in [2.05, 4.69) is 0 Å². The normalized spacial score (nSPS) is 26.7. The summed E-state index contributed by atoms with van der Waals surface area (Å²) in [6.45, 7) is 3.59. The molecule has 0 bridgehead atoms. The highest BCUT2D eigenvalue weighted by molar-refractivity contribution is 8.06. The molecule has 1 rings (SSSR count). The minimum atomic E-state index is 0.169. The van der Waals surface area contributed by atoms with Gasteiger partial charge in [0.25, 0.3) is 0 Å². The lowest BCUT2D eigenvalue weighted by Crippen LogP contribution is -2.27. The molecule has 0 aromatic rings. The molecule has 1 saturated heterocycles. The van der Waals surface area contributed by atoms with Crippen LogP contribution in [-0.4, -0.2) is 32.5 Å². The van der Waals surface area contributed by atoms with Gasteiger partial charge in [-0.2, -0.15) is 0 Å². The van der Waals surface area contributed by atoms with Crippen LogP contribution in [0.1, 0.15) is 13.8 Å². The molecule has 0 aromatic heterocycles. The number of hydrogen-bond acceptors (Lipinski definition) is 6. The molecule has 1 heterocycles. The van der Waals surface area contributed by atoms with E-state index in [0.29, 0.717) is 10.1 Å². The topological polar surface area (TPSA) is 18.5 Å². The van der Waals surface area contributed by atoms with Gasteiger partial charge in [-0.05, 0) is 24.4 Å². The van der Waals surface area contributed by atoms with E-state index in [4.69, 9.17) is 33.9 Å². The molecule has 6 heteroatoms. The first-order chi connectivity index (χ1) is 6.58. The third kappa shape index (κ3) is 4.82. The maximum atomic E-state index is 5.43. The number of thiocarbonyl (C=S) groups is 2. The van der Waals surface area contributed by atoms with Crippen LogP contribution in [0.2, 0.25) is 0 Å². The number of thioether (sulfide) groups is 2. The number of hydrogen-bond donors (Lipinski definition) is 0. The molecular formula is C8H12O2S4. The lowest BCUT2D eigenvalue weighted by Gasteiger charge is -2.27. The van der Waals surface area contributed by atoms with Crippen LogP contribution in [0.15, 0.2) is 0 Å². The summed E-state index contributed by atoms with van der Waals surface area (Å²) >= 11 is 13.2. The van der Waals surface area contributed by atoms with E-state index >= 15 is 0 Å². The van der Waals surface area contributed by atoms with Crippen molar-refractivity contribution in [3.05, 3.63) is 0 Å². The molecule has 0 aliphatic carbocycles. The molecule has 0 saturated carbocycles. The third-order valence-electron chi connectivity index (χ3n) is 1.43. The quantitative estimate of drug-likeness (QED) is 0.712. The molecule has 1 aliphatic rings. The summed E-state index contributed by atoms with van der Waals surface area (Å²) in [5.74, 6) is 1.79. The maximum Gasteiger partial charge on any atom is 0.158 e. The van der Waals surface area contributed by atoms with Gasteiger partial charge in [0.05, 0.1) is 0 Å². The van der Waals surface area contributed by atoms with Crippen molar-refractivity contribution < 1.29 is 9.47 Å². The van der Waals surface area contributed by atoms with E-state index in [-0.39, 0.29) is 10.9 Å². The van der Waals surface area contributed by atoms with Crippen molar-refractivity contribution in [2.45, 2.75) is 24.7 Å². The fraction of sp³-hybridized carbons (Fsp3) is 0.750. The minimum absolute atomic E-state index is 0.169. The Kier molecular flexibility index (Phi) is 5.51. The molecule has 1 aliphatic heterocycles. The Morgan fingerprint density at radius 1 is 1.00 bits per heavy atom. The SMILES string of the molecule is CC(=S)OC1CSC(OC(C)=S)CS1. The van der Waals surface area contributed by atoms with E-state index in [9.17, 15) is 0 Å². The van der Waals surface area contributed by atoms with Crippen LogP contribution in [0.3, 0.4) is 0 Å². The average Bonchev–Trinajstić information content (AvgIpc) is 2.06. The van der Waals surface area contributed by atoms with Gasteiger partial charge in [-0.3, -0.25) is 0 Å². The van der Waals surface area contributed by atoms with Crippen LogP contribution >= 0.6 is 48.0 Å². The summed E-state index contributed by atoms with van der Waals surface area (Å²) in [5, 5.41) is 1.21. The van der Waals surface area contributed by atoms with Gasteiger partial charge in [0, 0.05) is 25.4 Å². The van der Waals surface area contributed by atoms with Crippen LogP contribution in [-0.2, 0) is 9.47 Å². The maximum absolute atomic E-state index is 5.43. The molecular weight excluding hydrogens is 256 g/mol. The summed E-state index contributed by atoms with van der Waals surface area (Å²) in [7, 11) is 0. The van der Waals surface area contributed by atoms with Crippen molar-refractivity contribution in [1.29, 1.82) is 0 Å². The van der Waals surface area contributed by atoms with Gasteiger partial charge < -0.3 is 9.47 Å². The van der Waals surface area contributed by atoms with Gasteiger partial charge in [0.15, 0.2) is 21.0 Å². The second-order valence-electron chi connectivity index (χ2n) is 2.74. The predicted octanol–water partition coefficient (Wildman–Crippen LogP) is 2.85. The van der Waals surface area contributed by atoms with Gasteiger partial charge in [-0.25, -0.2) is 0 Å². The zero-order valence-corrected chi connectivity index (χ0v) is 11.3. The summed E-state index contributed by atoms with van der Waals surface area (Å²) in [4.78, 5) is 0. The van der Waals surface area contributed by atoms with Crippen LogP contribution in [0, 0.1) is 0 Å². The first-order valence-corrected chi connectivity index (χ1v) is 7.07. The molecule has 2 unspecified atom stereocenters. The Bertz CT molecular complexity index is 199. The van der Waals surface area contributed by atoms with Gasteiger partial charge in [-0.1, -0.05) is 0 Å². The number of rotatable bonds is 2. The molecule has 14 heavy (non-hydrogen) atoms. The highest BCUT2D eigenvalue weighted by atomic mass is 32.2. The van der Waals surface area contributed by atoms with Crippen LogP contribution in [0.4, 0.5) is 0 Å². The standard InChI is InChI=1S/C8H12O2S4/c1-5(11)9-7-3-14-8(4-13-7)10-6(2)12/h7-8H,3-4H2,1-2H3. The summed E-state index contributed by atoms with van der Waals surface area (Å²) in [6, 6.07) is 0. The lowest BCUT2D eigenvalue weighted by molar-refractivity contribution is 0.280. The zero-order chi connectivity index (χ0) is 10.6. The first kappa shape index (κ1) is 12.5. The smallest absolute Gasteiger partial charge is 0.158 e. The molecule has 0 aromatic carbocycles. The van der Waals surface area contributed by atoms with Crippen LogP contribution in [0.25, 0.3) is 0 Å². The van der Waals surface area contributed by atoms with Crippen molar-refractivity contribution in [2.24, 2.45) is 0 Å². The van der Waals surface area contributed by atoms with E-state index in [0.717, 1.165) is 11.5 Å². The van der Waals surface area contributed by atoms with Crippen LogP contribution in [0.5, 0.6) is 0 Å². The fourth-order valence-corrected chi connectivity index (χ4v) is 3.87. The van der Waals surface area contributed by atoms with E-state index in [1.807, 2.05) is 0 Å². The van der Waals surface area contributed by atoms with Crippen molar-refractivity contribution in [3.8, 4) is 0 Å². The predicted molar refractivity (Wildman–Crippen MR) is 71.2 cm³/mol. The van der Waals surface area contributed by atoms with Crippen molar-refractivity contribution in [2.75, 3.05) is 11.5 Å². The largest absolute Gasteiger partial charge is 0.473 e. The Morgan fingerprint density at radius 3 is 1.57 bits per heavy atom. The van der Waals surface area contributed by atoms with E-state index < -0.39 is 0 Å². The van der Waals surface area contributed by atoms with Gasteiger partial charge >= 0.3 is 0 Å². The average molecular weight is 268 g/mol. The lowest BCUT2D eigenvalue weighted by atomic mass is 10.7. The molecule has 0 radical (unpaired) electrons. The van der Waals surface area contributed by atoms with Gasteiger partial charge in [0.1, 0.15) is 0 Å². The highest BCUT2D eigenvalue weighted by Gasteiger charge is 2.24. The Balaban J connectivity index is 2.24. The Hall–Kier alpha value is 0.480. The second-order valence-corrected chi connectivity index (χ2v) is 6.28.